The van der Waals surface area contributed by atoms with E-state index >= 15 is 0 Å². The number of alkyl carbamates (subject to hydrolysis) is 1. The van der Waals surface area contributed by atoms with Gasteiger partial charge in [0.25, 0.3) is 5.91 Å². The maximum Gasteiger partial charge on any atom is 0.407 e. The molecule has 1 aromatic rings. The number of ether oxygens (including phenoxy) is 3. The molecule has 0 atom stereocenters. The molecule has 3 N–H and O–H groups in total. The van der Waals surface area contributed by atoms with E-state index in [1.807, 2.05) is 0 Å². The van der Waals surface area contributed by atoms with E-state index in [9.17, 15) is 14.4 Å². The standard InChI is InChI=1S/C20H31N3O6/c1-20(2,3)29-19(26)23-12-9-17(24)21-10-6-11-22-18(25)14-7-8-15(27-4)16(13-14)28-5/h7-8,13H,6,9-12H2,1-5H3,(H,21,24)(H,22,25)(H,23,26). The zero-order chi connectivity index (χ0) is 21.9. The van der Waals surface area contributed by atoms with Crippen LogP contribution >= 0.6 is 0 Å². The second-order valence-electron chi connectivity index (χ2n) is 7.21. The lowest BCUT2D eigenvalue weighted by Crippen LogP contribution is -2.35. The third-order valence-corrected chi connectivity index (χ3v) is 3.63. The van der Waals surface area contributed by atoms with Crippen molar-refractivity contribution in [2.24, 2.45) is 0 Å². The molecule has 0 aromatic heterocycles. The minimum atomic E-state index is -0.576. The summed E-state index contributed by atoms with van der Waals surface area (Å²) in [4.78, 5) is 35.4. The molecule has 0 bridgehead atoms. The van der Waals surface area contributed by atoms with Gasteiger partial charge in [-0.25, -0.2) is 4.79 Å². The topological polar surface area (TPSA) is 115 Å². The lowest BCUT2D eigenvalue weighted by molar-refractivity contribution is -0.120. The summed E-state index contributed by atoms with van der Waals surface area (Å²) in [6.07, 6.45) is 0.171. The van der Waals surface area contributed by atoms with Gasteiger partial charge in [0.05, 0.1) is 14.2 Å². The summed E-state index contributed by atoms with van der Waals surface area (Å²) in [5.74, 6) is 0.603. The molecule has 3 amide bonds. The van der Waals surface area contributed by atoms with E-state index in [1.54, 1.807) is 39.0 Å². The van der Waals surface area contributed by atoms with Gasteiger partial charge >= 0.3 is 6.09 Å². The van der Waals surface area contributed by atoms with Crippen molar-refractivity contribution in [3.8, 4) is 11.5 Å². The van der Waals surface area contributed by atoms with Crippen LogP contribution < -0.4 is 25.4 Å². The zero-order valence-electron chi connectivity index (χ0n) is 17.7. The Labute approximate surface area is 171 Å². The van der Waals surface area contributed by atoms with E-state index in [1.165, 1.54) is 14.2 Å². The Bertz CT molecular complexity index is 700. The average molecular weight is 409 g/mol. The van der Waals surface area contributed by atoms with Crippen molar-refractivity contribution in [1.29, 1.82) is 0 Å². The third kappa shape index (κ3) is 9.68. The molecule has 0 aliphatic carbocycles. The van der Waals surface area contributed by atoms with Crippen molar-refractivity contribution in [3.63, 3.8) is 0 Å². The first-order chi connectivity index (χ1) is 13.7. The molecule has 9 heteroatoms. The first-order valence-electron chi connectivity index (χ1n) is 9.40. The average Bonchev–Trinajstić information content (AvgIpc) is 2.65. The Hall–Kier alpha value is -2.97. The Morgan fingerprint density at radius 1 is 0.897 bits per heavy atom. The molecule has 0 spiro atoms. The lowest BCUT2D eigenvalue weighted by Gasteiger charge is -2.19. The lowest BCUT2D eigenvalue weighted by atomic mass is 10.2. The number of hydrogen-bond donors (Lipinski definition) is 3. The molecule has 0 fully saturated rings. The minimum absolute atomic E-state index is 0.150. The Morgan fingerprint density at radius 2 is 1.55 bits per heavy atom. The van der Waals surface area contributed by atoms with Crippen LogP contribution in [-0.4, -0.2) is 57.4 Å². The van der Waals surface area contributed by atoms with Crippen molar-refractivity contribution in [2.75, 3.05) is 33.9 Å². The quantitative estimate of drug-likeness (QED) is 0.508. The molecule has 0 saturated heterocycles. The van der Waals surface area contributed by atoms with Crippen molar-refractivity contribution < 1.29 is 28.6 Å². The zero-order valence-corrected chi connectivity index (χ0v) is 17.7. The second kappa shape index (κ2) is 11.8. The van der Waals surface area contributed by atoms with E-state index in [0.29, 0.717) is 36.6 Å². The largest absolute Gasteiger partial charge is 0.493 e. The molecule has 0 unspecified atom stereocenters. The summed E-state index contributed by atoms with van der Waals surface area (Å²) < 4.78 is 15.4. The van der Waals surface area contributed by atoms with Gasteiger partial charge in [0.1, 0.15) is 5.60 Å². The van der Waals surface area contributed by atoms with Crippen LogP contribution in [0, 0.1) is 0 Å². The van der Waals surface area contributed by atoms with Gasteiger partial charge < -0.3 is 30.2 Å². The van der Waals surface area contributed by atoms with Crippen molar-refractivity contribution >= 4 is 17.9 Å². The van der Waals surface area contributed by atoms with Crippen LogP contribution in [0.4, 0.5) is 4.79 Å². The van der Waals surface area contributed by atoms with Crippen LogP contribution in [0.5, 0.6) is 11.5 Å². The molecule has 1 rings (SSSR count). The molecule has 0 radical (unpaired) electrons. The van der Waals surface area contributed by atoms with Gasteiger partial charge in [0.2, 0.25) is 5.91 Å². The molecule has 1 aromatic carbocycles. The Balaban J connectivity index is 2.21. The number of nitrogens with one attached hydrogen (secondary N) is 3. The van der Waals surface area contributed by atoms with Crippen LogP contribution in [0.2, 0.25) is 0 Å². The first-order valence-corrected chi connectivity index (χ1v) is 9.40. The van der Waals surface area contributed by atoms with E-state index in [0.717, 1.165) is 0 Å². The van der Waals surface area contributed by atoms with Gasteiger partial charge in [-0.1, -0.05) is 0 Å². The molecule has 162 valence electrons. The van der Waals surface area contributed by atoms with Crippen molar-refractivity contribution in [2.45, 2.75) is 39.2 Å². The summed E-state index contributed by atoms with van der Waals surface area (Å²) in [7, 11) is 3.03. The number of carbonyl (C=O) groups excluding carboxylic acids is 3. The minimum Gasteiger partial charge on any atom is -0.493 e. The highest BCUT2D eigenvalue weighted by molar-refractivity contribution is 5.94. The fraction of sp³-hybridized carbons (Fsp3) is 0.550. The number of amides is 3. The molecule has 29 heavy (non-hydrogen) atoms. The predicted molar refractivity (Wildman–Crippen MR) is 108 cm³/mol. The number of carbonyl (C=O) groups is 3. The smallest absolute Gasteiger partial charge is 0.407 e. The number of methoxy groups -OCH3 is 2. The Morgan fingerprint density at radius 3 is 2.17 bits per heavy atom. The highest BCUT2D eigenvalue weighted by Crippen LogP contribution is 2.27. The highest BCUT2D eigenvalue weighted by Gasteiger charge is 2.16. The van der Waals surface area contributed by atoms with Crippen molar-refractivity contribution in [3.05, 3.63) is 23.8 Å². The van der Waals surface area contributed by atoms with Gasteiger partial charge in [0.15, 0.2) is 11.5 Å². The summed E-state index contributed by atoms with van der Waals surface area (Å²) in [5, 5.41) is 8.04. The maximum absolute atomic E-state index is 12.2. The SMILES string of the molecule is COc1ccc(C(=O)NCCCNC(=O)CCNC(=O)OC(C)(C)C)cc1OC. The van der Waals surface area contributed by atoms with Gasteiger partial charge in [0, 0.05) is 31.6 Å². The third-order valence-electron chi connectivity index (χ3n) is 3.63. The second-order valence-corrected chi connectivity index (χ2v) is 7.21. The summed E-state index contributed by atoms with van der Waals surface area (Å²) >= 11 is 0. The number of hydrogen-bond acceptors (Lipinski definition) is 6. The summed E-state index contributed by atoms with van der Waals surface area (Å²) in [6, 6.07) is 4.92. The normalized spacial score (nSPS) is 10.7. The van der Waals surface area contributed by atoms with Crippen LogP contribution in [0.15, 0.2) is 18.2 Å². The van der Waals surface area contributed by atoms with Crippen LogP contribution in [0.25, 0.3) is 0 Å². The van der Waals surface area contributed by atoms with Crippen molar-refractivity contribution in [1.82, 2.24) is 16.0 Å². The molecule has 9 nitrogen and oxygen atoms in total. The molecule has 0 heterocycles. The fourth-order valence-electron chi connectivity index (χ4n) is 2.28. The number of rotatable bonds is 10. The van der Waals surface area contributed by atoms with Gasteiger partial charge in [-0.3, -0.25) is 9.59 Å². The first kappa shape index (κ1) is 24.1. The van der Waals surface area contributed by atoms with Gasteiger partial charge in [-0.2, -0.15) is 0 Å². The van der Waals surface area contributed by atoms with Crippen LogP contribution in [0.3, 0.4) is 0 Å². The molecule has 0 aliphatic rings. The highest BCUT2D eigenvalue weighted by atomic mass is 16.6. The predicted octanol–water partition coefficient (Wildman–Crippen LogP) is 1.85. The fourth-order valence-corrected chi connectivity index (χ4v) is 2.28. The number of benzene rings is 1. The van der Waals surface area contributed by atoms with E-state index in [-0.39, 0.29) is 24.8 Å². The monoisotopic (exact) mass is 409 g/mol. The van der Waals surface area contributed by atoms with E-state index < -0.39 is 11.7 Å². The van der Waals surface area contributed by atoms with E-state index in [2.05, 4.69) is 16.0 Å². The van der Waals surface area contributed by atoms with Gasteiger partial charge in [-0.15, -0.1) is 0 Å². The summed E-state index contributed by atoms with van der Waals surface area (Å²) in [5.41, 5.74) is -0.117. The molecule has 0 saturated carbocycles. The van der Waals surface area contributed by atoms with Crippen LogP contribution in [-0.2, 0) is 9.53 Å². The van der Waals surface area contributed by atoms with Crippen LogP contribution in [0.1, 0.15) is 44.0 Å². The summed E-state index contributed by atoms with van der Waals surface area (Å²) in [6.45, 7) is 6.31. The molecular formula is C20H31N3O6. The molecular weight excluding hydrogens is 378 g/mol. The Kier molecular flexibility index (Phi) is 9.78. The molecule has 0 aliphatic heterocycles. The van der Waals surface area contributed by atoms with Gasteiger partial charge in [-0.05, 0) is 45.4 Å². The maximum atomic E-state index is 12.2. The van der Waals surface area contributed by atoms with E-state index in [4.69, 9.17) is 14.2 Å².